The van der Waals surface area contributed by atoms with E-state index in [1.165, 1.54) is 25.9 Å². The Morgan fingerprint density at radius 1 is 1.28 bits per heavy atom. The standard InChI is InChI=1S/C15H22NO2/c1-3-17-14-6-4-5-7-15(14)18-12-13-8-10-16(2)11-9-13/h5-7,13H,3,8-12H2,1-2H3. The van der Waals surface area contributed by atoms with Gasteiger partial charge in [-0.05, 0) is 64.0 Å². The van der Waals surface area contributed by atoms with Crippen LogP contribution in [0.25, 0.3) is 0 Å². The van der Waals surface area contributed by atoms with E-state index in [1.54, 1.807) is 0 Å². The topological polar surface area (TPSA) is 21.7 Å². The van der Waals surface area contributed by atoms with E-state index in [-0.39, 0.29) is 0 Å². The predicted molar refractivity (Wildman–Crippen MR) is 72.2 cm³/mol. The molecule has 1 fully saturated rings. The van der Waals surface area contributed by atoms with Crippen LogP contribution in [0.5, 0.6) is 11.5 Å². The summed E-state index contributed by atoms with van der Waals surface area (Å²) in [5, 5.41) is 0. The Morgan fingerprint density at radius 3 is 2.78 bits per heavy atom. The molecular weight excluding hydrogens is 226 g/mol. The number of likely N-dealkylation sites (tertiary alicyclic amines) is 1. The van der Waals surface area contributed by atoms with Crippen molar-refractivity contribution in [3.8, 4) is 11.5 Å². The zero-order valence-corrected chi connectivity index (χ0v) is 11.3. The third kappa shape index (κ3) is 3.64. The van der Waals surface area contributed by atoms with Crippen molar-refractivity contribution in [2.75, 3.05) is 33.4 Å². The number of rotatable bonds is 5. The van der Waals surface area contributed by atoms with Gasteiger partial charge in [0.05, 0.1) is 13.2 Å². The molecule has 0 aliphatic carbocycles. The summed E-state index contributed by atoms with van der Waals surface area (Å²) in [6.07, 6.45) is 2.44. The van der Waals surface area contributed by atoms with Crippen LogP contribution in [-0.2, 0) is 0 Å². The van der Waals surface area contributed by atoms with Crippen LogP contribution in [0, 0.1) is 12.0 Å². The van der Waals surface area contributed by atoms with Crippen LogP contribution in [0.2, 0.25) is 0 Å². The summed E-state index contributed by atoms with van der Waals surface area (Å²) in [5.74, 6) is 2.31. The van der Waals surface area contributed by atoms with Crippen molar-refractivity contribution in [3.63, 3.8) is 0 Å². The number of hydrogen-bond donors (Lipinski definition) is 0. The molecule has 99 valence electrons. The third-order valence-corrected chi connectivity index (χ3v) is 3.40. The first-order valence-corrected chi connectivity index (χ1v) is 6.74. The molecule has 0 amide bonds. The van der Waals surface area contributed by atoms with Crippen LogP contribution in [0.4, 0.5) is 0 Å². The molecule has 3 nitrogen and oxygen atoms in total. The van der Waals surface area contributed by atoms with Crippen LogP contribution < -0.4 is 9.47 Å². The number of hydrogen-bond acceptors (Lipinski definition) is 3. The van der Waals surface area contributed by atoms with Gasteiger partial charge in [-0.1, -0.05) is 6.07 Å². The fourth-order valence-electron chi connectivity index (χ4n) is 2.22. The summed E-state index contributed by atoms with van der Waals surface area (Å²) >= 11 is 0. The van der Waals surface area contributed by atoms with Crippen molar-refractivity contribution in [1.29, 1.82) is 0 Å². The Morgan fingerprint density at radius 2 is 2.06 bits per heavy atom. The monoisotopic (exact) mass is 248 g/mol. The Balaban J connectivity index is 1.86. The molecule has 1 aliphatic rings. The average Bonchev–Trinajstić information content (AvgIpc) is 2.40. The lowest BCUT2D eigenvalue weighted by atomic mass is 9.98. The first-order chi connectivity index (χ1) is 8.79. The molecule has 3 heteroatoms. The van der Waals surface area contributed by atoms with Gasteiger partial charge >= 0.3 is 0 Å². The summed E-state index contributed by atoms with van der Waals surface area (Å²) in [7, 11) is 2.18. The second-order valence-electron chi connectivity index (χ2n) is 4.86. The lowest BCUT2D eigenvalue weighted by molar-refractivity contribution is 0.156. The fourth-order valence-corrected chi connectivity index (χ4v) is 2.22. The molecule has 1 aromatic rings. The van der Waals surface area contributed by atoms with Crippen molar-refractivity contribution >= 4 is 0 Å². The zero-order valence-electron chi connectivity index (χ0n) is 11.3. The highest BCUT2D eigenvalue weighted by Gasteiger charge is 2.17. The van der Waals surface area contributed by atoms with E-state index in [4.69, 9.17) is 9.47 Å². The molecule has 1 radical (unpaired) electrons. The Bertz CT molecular complexity index is 359. The molecule has 18 heavy (non-hydrogen) atoms. The molecule has 1 aromatic carbocycles. The Labute approximate surface area is 110 Å². The lowest BCUT2D eigenvalue weighted by Crippen LogP contribution is -2.32. The van der Waals surface area contributed by atoms with Gasteiger partial charge in [-0.2, -0.15) is 0 Å². The number of ether oxygens (including phenoxy) is 2. The second-order valence-corrected chi connectivity index (χ2v) is 4.86. The van der Waals surface area contributed by atoms with Gasteiger partial charge in [0.25, 0.3) is 0 Å². The van der Waals surface area contributed by atoms with Crippen molar-refractivity contribution in [2.24, 2.45) is 5.92 Å². The van der Waals surface area contributed by atoms with E-state index in [0.29, 0.717) is 12.5 Å². The highest BCUT2D eigenvalue weighted by atomic mass is 16.5. The predicted octanol–water partition coefficient (Wildman–Crippen LogP) is 2.61. The van der Waals surface area contributed by atoms with Crippen molar-refractivity contribution in [1.82, 2.24) is 4.90 Å². The van der Waals surface area contributed by atoms with Crippen LogP contribution in [-0.4, -0.2) is 38.3 Å². The Kier molecular flexibility index (Phi) is 4.88. The summed E-state index contributed by atoms with van der Waals surface area (Å²) in [6, 6.07) is 8.66. The molecule has 1 saturated heterocycles. The largest absolute Gasteiger partial charge is 0.490 e. The van der Waals surface area contributed by atoms with Crippen molar-refractivity contribution < 1.29 is 9.47 Å². The Hall–Kier alpha value is -1.22. The maximum Gasteiger partial charge on any atom is 0.161 e. The molecule has 0 unspecified atom stereocenters. The van der Waals surface area contributed by atoms with Crippen LogP contribution >= 0.6 is 0 Å². The average molecular weight is 248 g/mol. The molecule has 1 heterocycles. The first kappa shape index (κ1) is 13.2. The van der Waals surface area contributed by atoms with E-state index >= 15 is 0 Å². The van der Waals surface area contributed by atoms with E-state index in [1.807, 2.05) is 25.1 Å². The molecule has 0 atom stereocenters. The maximum atomic E-state index is 5.90. The number of nitrogens with zero attached hydrogens (tertiary/aromatic N) is 1. The fraction of sp³-hybridized carbons (Fsp3) is 0.600. The molecule has 0 aromatic heterocycles. The molecule has 0 N–H and O–H groups in total. The van der Waals surface area contributed by atoms with E-state index in [9.17, 15) is 0 Å². The SMILES string of the molecule is CCOc1c[c]ccc1OCC1CCN(C)CC1. The van der Waals surface area contributed by atoms with Gasteiger partial charge in [-0.15, -0.1) is 0 Å². The molecule has 2 rings (SSSR count). The van der Waals surface area contributed by atoms with Crippen LogP contribution in [0.15, 0.2) is 18.2 Å². The number of benzene rings is 1. The van der Waals surface area contributed by atoms with Crippen LogP contribution in [0.3, 0.4) is 0 Å². The van der Waals surface area contributed by atoms with Crippen molar-refractivity contribution in [2.45, 2.75) is 19.8 Å². The number of piperidine rings is 1. The minimum atomic E-state index is 0.655. The molecule has 0 bridgehead atoms. The van der Waals surface area contributed by atoms with Gasteiger partial charge < -0.3 is 14.4 Å². The quantitative estimate of drug-likeness (QED) is 0.799. The van der Waals surface area contributed by atoms with E-state index < -0.39 is 0 Å². The van der Waals surface area contributed by atoms with Gasteiger partial charge in [0.1, 0.15) is 0 Å². The van der Waals surface area contributed by atoms with Gasteiger partial charge in [0.15, 0.2) is 11.5 Å². The normalized spacial score (nSPS) is 17.7. The van der Waals surface area contributed by atoms with Gasteiger partial charge in [0.2, 0.25) is 0 Å². The molecule has 0 saturated carbocycles. The minimum Gasteiger partial charge on any atom is -0.490 e. The highest BCUT2D eigenvalue weighted by Crippen LogP contribution is 2.27. The van der Waals surface area contributed by atoms with E-state index in [0.717, 1.165) is 18.1 Å². The smallest absolute Gasteiger partial charge is 0.161 e. The molecular formula is C15H22NO2. The summed E-state index contributed by atoms with van der Waals surface area (Å²) in [5.41, 5.74) is 0. The zero-order chi connectivity index (χ0) is 12.8. The highest BCUT2D eigenvalue weighted by molar-refractivity contribution is 5.38. The van der Waals surface area contributed by atoms with Gasteiger partial charge in [-0.25, -0.2) is 0 Å². The lowest BCUT2D eigenvalue weighted by Gasteiger charge is -2.28. The summed E-state index contributed by atoms with van der Waals surface area (Å²) < 4.78 is 11.4. The van der Waals surface area contributed by atoms with Crippen molar-refractivity contribution in [3.05, 3.63) is 24.3 Å². The van der Waals surface area contributed by atoms with E-state index in [2.05, 4.69) is 18.0 Å². The maximum absolute atomic E-state index is 5.90. The van der Waals surface area contributed by atoms with Gasteiger partial charge in [0, 0.05) is 0 Å². The first-order valence-electron chi connectivity index (χ1n) is 6.74. The van der Waals surface area contributed by atoms with Gasteiger partial charge in [-0.3, -0.25) is 0 Å². The second kappa shape index (κ2) is 6.64. The molecule has 1 aliphatic heterocycles. The third-order valence-electron chi connectivity index (χ3n) is 3.40. The summed E-state index contributed by atoms with van der Waals surface area (Å²) in [4.78, 5) is 2.37. The van der Waals surface area contributed by atoms with Crippen LogP contribution in [0.1, 0.15) is 19.8 Å². The minimum absolute atomic E-state index is 0.655. The molecule has 0 spiro atoms. The summed E-state index contributed by atoms with van der Waals surface area (Å²) in [6.45, 7) is 5.78.